The van der Waals surface area contributed by atoms with E-state index in [9.17, 15) is 14.4 Å². The molecule has 0 fully saturated rings. The van der Waals surface area contributed by atoms with Gasteiger partial charge in [-0.1, -0.05) is 13.8 Å². The number of hydrogen-bond donors (Lipinski definition) is 4. The second kappa shape index (κ2) is 9.41. The first-order valence-electron chi connectivity index (χ1n) is 5.92. The van der Waals surface area contributed by atoms with Crippen LogP contribution in [0.15, 0.2) is 0 Å². The molecule has 0 aliphatic carbocycles. The van der Waals surface area contributed by atoms with Crippen LogP contribution in [-0.4, -0.2) is 42.6 Å². The molecule has 0 saturated carbocycles. The number of imide groups is 1. The molecule has 0 spiro atoms. The quantitative estimate of drug-likeness (QED) is 0.456. The van der Waals surface area contributed by atoms with Crippen molar-refractivity contribution < 1.29 is 19.5 Å². The number of hydrogen-bond acceptors (Lipinski definition) is 4. The minimum absolute atomic E-state index is 0.0616. The zero-order chi connectivity index (χ0) is 14.0. The van der Waals surface area contributed by atoms with Gasteiger partial charge in [0.25, 0.3) is 0 Å². The van der Waals surface area contributed by atoms with Gasteiger partial charge in [-0.25, -0.2) is 4.79 Å². The minimum Gasteiger partial charge on any atom is -0.481 e. The molecular weight excluding hydrogens is 238 g/mol. The maximum absolute atomic E-state index is 11.2. The van der Waals surface area contributed by atoms with Crippen molar-refractivity contribution in [3.63, 3.8) is 0 Å². The lowest BCUT2D eigenvalue weighted by molar-refractivity contribution is -0.137. The van der Waals surface area contributed by atoms with Gasteiger partial charge in [0.1, 0.15) is 0 Å². The lowest BCUT2D eigenvalue weighted by atomic mass is 10.1. The van der Waals surface area contributed by atoms with Crippen LogP contribution in [0.4, 0.5) is 4.79 Å². The highest BCUT2D eigenvalue weighted by molar-refractivity contribution is 5.95. The Kier molecular flexibility index (Phi) is 8.55. The standard InChI is InChI=1S/C11H21N3O4/c1-8(2)3-6-13-11(18)14-9(15)7-12-5-4-10(16)17/h8,12H,3-7H2,1-2H3,(H,16,17)(H2,13,14,15,18). The summed E-state index contributed by atoms with van der Waals surface area (Å²) in [4.78, 5) is 32.6. The second-order valence-corrected chi connectivity index (χ2v) is 4.31. The first-order chi connectivity index (χ1) is 8.41. The van der Waals surface area contributed by atoms with E-state index in [1.54, 1.807) is 0 Å². The van der Waals surface area contributed by atoms with Crippen molar-refractivity contribution in [1.82, 2.24) is 16.0 Å². The van der Waals surface area contributed by atoms with Crippen LogP contribution in [-0.2, 0) is 9.59 Å². The summed E-state index contributed by atoms with van der Waals surface area (Å²) in [6.07, 6.45) is 0.784. The number of nitrogens with one attached hydrogen (secondary N) is 3. The van der Waals surface area contributed by atoms with E-state index in [-0.39, 0.29) is 19.5 Å². The van der Waals surface area contributed by atoms with Crippen LogP contribution in [0.5, 0.6) is 0 Å². The summed E-state index contributed by atoms with van der Waals surface area (Å²) in [5.74, 6) is -0.935. The van der Waals surface area contributed by atoms with Gasteiger partial charge in [-0.2, -0.15) is 0 Å². The molecule has 7 heteroatoms. The van der Waals surface area contributed by atoms with E-state index in [1.807, 2.05) is 13.8 Å². The Bertz CT molecular complexity index is 292. The van der Waals surface area contributed by atoms with Crippen LogP contribution in [0.2, 0.25) is 0 Å². The fraction of sp³-hybridized carbons (Fsp3) is 0.727. The fourth-order valence-corrected chi connectivity index (χ4v) is 1.09. The normalized spacial score (nSPS) is 10.2. The molecule has 0 aromatic carbocycles. The number of urea groups is 1. The van der Waals surface area contributed by atoms with Gasteiger partial charge in [-0.15, -0.1) is 0 Å². The van der Waals surface area contributed by atoms with Crippen LogP contribution in [0.25, 0.3) is 0 Å². The first kappa shape index (κ1) is 16.4. The van der Waals surface area contributed by atoms with Crippen LogP contribution in [0, 0.1) is 5.92 Å². The van der Waals surface area contributed by atoms with Crippen LogP contribution in [0.1, 0.15) is 26.7 Å². The number of aliphatic carboxylic acids is 1. The average molecular weight is 259 g/mol. The van der Waals surface area contributed by atoms with Gasteiger partial charge < -0.3 is 15.7 Å². The van der Waals surface area contributed by atoms with E-state index in [1.165, 1.54) is 0 Å². The van der Waals surface area contributed by atoms with Gasteiger partial charge in [0, 0.05) is 13.1 Å². The fourth-order valence-electron chi connectivity index (χ4n) is 1.09. The average Bonchev–Trinajstić information content (AvgIpc) is 2.23. The summed E-state index contributed by atoms with van der Waals surface area (Å²) in [5.41, 5.74) is 0. The number of carbonyl (C=O) groups is 3. The third-order valence-corrected chi connectivity index (χ3v) is 2.06. The highest BCUT2D eigenvalue weighted by Crippen LogP contribution is 1.95. The molecule has 18 heavy (non-hydrogen) atoms. The van der Waals surface area contributed by atoms with E-state index in [2.05, 4.69) is 16.0 Å². The number of carboxylic acids is 1. The third-order valence-electron chi connectivity index (χ3n) is 2.06. The lowest BCUT2D eigenvalue weighted by Gasteiger charge is -2.08. The molecule has 0 radical (unpaired) electrons. The van der Waals surface area contributed by atoms with Crippen LogP contribution >= 0.6 is 0 Å². The van der Waals surface area contributed by atoms with Crippen LogP contribution < -0.4 is 16.0 Å². The molecule has 104 valence electrons. The number of amides is 3. The van der Waals surface area contributed by atoms with E-state index in [0.717, 1.165) is 6.42 Å². The molecule has 0 aliphatic rings. The molecule has 0 unspecified atom stereocenters. The van der Waals surface area contributed by atoms with E-state index in [0.29, 0.717) is 12.5 Å². The van der Waals surface area contributed by atoms with Crippen molar-refractivity contribution in [1.29, 1.82) is 0 Å². The van der Waals surface area contributed by atoms with Gasteiger partial charge in [-0.3, -0.25) is 14.9 Å². The number of carbonyl (C=O) groups excluding carboxylic acids is 2. The Balaban J connectivity index is 3.55. The monoisotopic (exact) mass is 259 g/mol. The summed E-state index contributed by atoms with van der Waals surface area (Å²) in [6.45, 7) is 4.71. The largest absolute Gasteiger partial charge is 0.481 e. The van der Waals surface area contributed by atoms with E-state index < -0.39 is 17.9 Å². The van der Waals surface area contributed by atoms with Crippen molar-refractivity contribution in [3.8, 4) is 0 Å². The summed E-state index contributed by atoms with van der Waals surface area (Å²) in [6, 6.07) is -0.527. The maximum Gasteiger partial charge on any atom is 0.321 e. The highest BCUT2D eigenvalue weighted by atomic mass is 16.4. The number of carboxylic acid groups (broad SMARTS) is 1. The Morgan fingerprint density at radius 1 is 1.17 bits per heavy atom. The van der Waals surface area contributed by atoms with Crippen molar-refractivity contribution in [2.75, 3.05) is 19.6 Å². The molecule has 0 saturated heterocycles. The van der Waals surface area contributed by atoms with Crippen molar-refractivity contribution in [2.24, 2.45) is 5.92 Å². The lowest BCUT2D eigenvalue weighted by Crippen LogP contribution is -2.44. The van der Waals surface area contributed by atoms with Gasteiger partial charge in [0.05, 0.1) is 13.0 Å². The molecular formula is C11H21N3O4. The SMILES string of the molecule is CC(C)CCNC(=O)NC(=O)CNCCC(=O)O. The summed E-state index contributed by atoms with van der Waals surface area (Å²) in [7, 11) is 0. The molecule has 7 nitrogen and oxygen atoms in total. The zero-order valence-electron chi connectivity index (χ0n) is 10.8. The molecule has 0 aromatic rings. The molecule has 3 amide bonds. The zero-order valence-corrected chi connectivity index (χ0v) is 10.8. The second-order valence-electron chi connectivity index (χ2n) is 4.31. The molecule has 0 bridgehead atoms. The summed E-state index contributed by atoms with van der Waals surface area (Å²) < 4.78 is 0. The van der Waals surface area contributed by atoms with Crippen LogP contribution in [0.3, 0.4) is 0 Å². The highest BCUT2D eigenvalue weighted by Gasteiger charge is 2.07. The van der Waals surface area contributed by atoms with Gasteiger partial charge in [-0.05, 0) is 12.3 Å². The molecule has 0 heterocycles. The summed E-state index contributed by atoms with van der Waals surface area (Å²) in [5, 5.41) is 15.7. The molecule has 0 rings (SSSR count). The van der Waals surface area contributed by atoms with E-state index >= 15 is 0 Å². The predicted molar refractivity (Wildman–Crippen MR) is 66.1 cm³/mol. The third kappa shape index (κ3) is 10.9. The van der Waals surface area contributed by atoms with Gasteiger partial charge in [0.2, 0.25) is 5.91 Å². The van der Waals surface area contributed by atoms with Crippen molar-refractivity contribution in [3.05, 3.63) is 0 Å². The summed E-state index contributed by atoms with van der Waals surface area (Å²) >= 11 is 0. The smallest absolute Gasteiger partial charge is 0.321 e. The molecule has 0 atom stereocenters. The molecule has 4 N–H and O–H groups in total. The molecule has 0 aliphatic heterocycles. The van der Waals surface area contributed by atoms with Crippen molar-refractivity contribution >= 4 is 17.9 Å². The van der Waals surface area contributed by atoms with Crippen molar-refractivity contribution in [2.45, 2.75) is 26.7 Å². The topological polar surface area (TPSA) is 108 Å². The Labute approximate surface area is 106 Å². The minimum atomic E-state index is -0.936. The van der Waals surface area contributed by atoms with Gasteiger partial charge >= 0.3 is 12.0 Å². The molecule has 0 aromatic heterocycles. The Morgan fingerprint density at radius 2 is 1.83 bits per heavy atom. The Hall–Kier alpha value is -1.63. The maximum atomic E-state index is 11.2. The predicted octanol–water partition coefficient (Wildman–Crippen LogP) is -0.0774. The van der Waals surface area contributed by atoms with E-state index in [4.69, 9.17) is 5.11 Å². The number of rotatable bonds is 8. The van der Waals surface area contributed by atoms with Gasteiger partial charge in [0.15, 0.2) is 0 Å². The Morgan fingerprint density at radius 3 is 2.39 bits per heavy atom. The first-order valence-corrected chi connectivity index (χ1v) is 5.92.